The van der Waals surface area contributed by atoms with Gasteiger partial charge in [-0.15, -0.1) is 0 Å². The number of carbonyl (C=O) groups is 1. The van der Waals surface area contributed by atoms with Crippen molar-refractivity contribution in [3.63, 3.8) is 0 Å². The number of amides is 1. The van der Waals surface area contributed by atoms with Gasteiger partial charge in [-0.2, -0.15) is 4.31 Å². The van der Waals surface area contributed by atoms with Crippen molar-refractivity contribution in [3.8, 4) is 0 Å². The average molecular weight is 300 g/mol. The minimum absolute atomic E-state index is 0.0779. The Bertz CT molecular complexity index is 579. The number of carbonyl (C=O) groups excluding carboxylic acids is 1. The molecular weight excluding hydrogens is 280 g/mol. The Kier molecular flexibility index (Phi) is 4.90. The van der Waals surface area contributed by atoms with Gasteiger partial charge in [-0.25, -0.2) is 8.42 Å². The zero-order valence-corrected chi connectivity index (χ0v) is 12.9. The summed E-state index contributed by atoms with van der Waals surface area (Å²) in [6, 6.07) is 5.66. The van der Waals surface area contributed by atoms with Crippen molar-refractivity contribution in [1.82, 2.24) is 9.62 Å². The summed E-state index contributed by atoms with van der Waals surface area (Å²) in [5, 5.41) is 11.7. The molecule has 6 nitrogen and oxygen atoms in total. The molecule has 2 N–H and O–H groups in total. The summed E-state index contributed by atoms with van der Waals surface area (Å²) in [7, 11) is -0.797. The summed E-state index contributed by atoms with van der Waals surface area (Å²) < 4.78 is 25.9. The summed E-state index contributed by atoms with van der Waals surface area (Å²) >= 11 is 0. The van der Waals surface area contributed by atoms with E-state index in [0.717, 1.165) is 4.31 Å². The molecule has 0 aromatic heterocycles. The molecule has 0 unspecified atom stereocenters. The number of nitrogens with zero attached hydrogens (tertiary/aromatic N) is 1. The molecule has 1 rings (SSSR count). The number of hydrogen-bond acceptors (Lipinski definition) is 4. The first-order valence-electron chi connectivity index (χ1n) is 6.09. The van der Waals surface area contributed by atoms with Crippen LogP contribution >= 0.6 is 0 Å². The van der Waals surface area contributed by atoms with Crippen molar-refractivity contribution in [3.05, 3.63) is 29.8 Å². The van der Waals surface area contributed by atoms with E-state index >= 15 is 0 Å². The lowest BCUT2D eigenvalue weighted by molar-refractivity contribution is 0.0963. The van der Waals surface area contributed by atoms with Gasteiger partial charge < -0.3 is 10.4 Å². The van der Waals surface area contributed by atoms with Crippen molar-refractivity contribution >= 4 is 15.9 Å². The maximum absolute atomic E-state index is 12.4. The van der Waals surface area contributed by atoms with Gasteiger partial charge in [-0.05, 0) is 38.1 Å². The molecule has 0 saturated heterocycles. The van der Waals surface area contributed by atoms with Gasteiger partial charge in [-0.1, -0.05) is 0 Å². The maximum Gasteiger partial charge on any atom is 0.251 e. The highest BCUT2D eigenvalue weighted by Gasteiger charge is 2.33. The molecule has 1 aromatic rings. The number of hydrogen-bond donors (Lipinski definition) is 2. The third-order valence-corrected chi connectivity index (χ3v) is 5.32. The van der Waals surface area contributed by atoms with Gasteiger partial charge in [0.15, 0.2) is 0 Å². The third kappa shape index (κ3) is 3.17. The number of benzene rings is 1. The van der Waals surface area contributed by atoms with Crippen LogP contribution in [0.5, 0.6) is 0 Å². The first kappa shape index (κ1) is 16.6. The van der Waals surface area contributed by atoms with Crippen LogP contribution < -0.4 is 5.32 Å². The maximum atomic E-state index is 12.4. The summed E-state index contributed by atoms with van der Waals surface area (Å²) in [4.78, 5) is 11.5. The predicted molar refractivity (Wildman–Crippen MR) is 75.9 cm³/mol. The lowest BCUT2D eigenvalue weighted by Gasteiger charge is -2.32. The van der Waals surface area contributed by atoms with E-state index in [2.05, 4.69) is 5.32 Å². The predicted octanol–water partition coefficient (Wildman–Crippen LogP) is 0.438. The second kappa shape index (κ2) is 5.90. The Labute approximate surface area is 119 Å². The Hall–Kier alpha value is -1.44. The van der Waals surface area contributed by atoms with E-state index in [1.165, 1.54) is 38.4 Å². The molecule has 0 radical (unpaired) electrons. The summed E-state index contributed by atoms with van der Waals surface area (Å²) in [5.41, 5.74) is -0.520. The van der Waals surface area contributed by atoms with Crippen molar-refractivity contribution in [2.75, 3.05) is 20.7 Å². The van der Waals surface area contributed by atoms with Crippen LogP contribution in [0.3, 0.4) is 0 Å². The fraction of sp³-hybridized carbons (Fsp3) is 0.462. The van der Waals surface area contributed by atoms with E-state index in [9.17, 15) is 18.3 Å². The molecule has 0 atom stereocenters. The number of aliphatic hydroxyl groups is 1. The average Bonchev–Trinajstić information content (AvgIpc) is 2.45. The highest BCUT2D eigenvalue weighted by atomic mass is 32.2. The van der Waals surface area contributed by atoms with Gasteiger partial charge in [0.2, 0.25) is 10.0 Å². The highest BCUT2D eigenvalue weighted by Crippen LogP contribution is 2.22. The van der Waals surface area contributed by atoms with Crippen LogP contribution in [0.4, 0.5) is 0 Å². The molecule has 0 saturated carbocycles. The van der Waals surface area contributed by atoms with Crippen LogP contribution in [0.1, 0.15) is 24.2 Å². The minimum Gasteiger partial charge on any atom is -0.394 e. The van der Waals surface area contributed by atoms with E-state index in [1.54, 1.807) is 13.8 Å². The second-order valence-corrected chi connectivity index (χ2v) is 7.02. The molecule has 0 fully saturated rings. The van der Waals surface area contributed by atoms with E-state index in [1.807, 2.05) is 0 Å². The molecule has 20 heavy (non-hydrogen) atoms. The van der Waals surface area contributed by atoms with Crippen molar-refractivity contribution in [2.24, 2.45) is 0 Å². The Morgan fingerprint density at radius 1 is 1.30 bits per heavy atom. The van der Waals surface area contributed by atoms with E-state index in [4.69, 9.17) is 0 Å². The SMILES string of the molecule is CNC(=O)c1ccc(S(=O)(=O)N(C)C(C)(C)CO)cc1. The summed E-state index contributed by atoms with van der Waals surface area (Å²) in [6.45, 7) is 2.96. The number of aliphatic hydroxyl groups excluding tert-OH is 1. The molecule has 112 valence electrons. The van der Waals surface area contributed by atoms with Crippen LogP contribution in [-0.4, -0.2) is 50.0 Å². The number of sulfonamides is 1. The standard InChI is InChI=1S/C13H20N2O4S/c1-13(2,9-16)15(4)20(18,19)11-7-5-10(6-8-11)12(17)14-3/h5-8,16H,9H2,1-4H3,(H,14,17). The topological polar surface area (TPSA) is 86.7 Å². The normalized spacial score (nSPS) is 12.5. The van der Waals surface area contributed by atoms with E-state index in [0.29, 0.717) is 5.56 Å². The molecule has 0 spiro atoms. The van der Waals surface area contributed by atoms with Gasteiger partial charge in [0, 0.05) is 19.7 Å². The van der Waals surface area contributed by atoms with Crippen molar-refractivity contribution in [1.29, 1.82) is 0 Å². The molecular formula is C13H20N2O4S. The molecule has 0 bridgehead atoms. The molecule has 0 aliphatic heterocycles. The number of nitrogens with one attached hydrogen (secondary N) is 1. The molecule has 1 aromatic carbocycles. The Balaban J connectivity index is 3.14. The molecule has 1 amide bonds. The summed E-state index contributed by atoms with van der Waals surface area (Å²) in [6.07, 6.45) is 0. The molecule has 7 heteroatoms. The van der Waals surface area contributed by atoms with Crippen LogP contribution in [-0.2, 0) is 10.0 Å². The molecule has 0 heterocycles. The first-order valence-corrected chi connectivity index (χ1v) is 7.53. The minimum atomic E-state index is -3.72. The lowest BCUT2D eigenvalue weighted by Crippen LogP contribution is -2.47. The van der Waals surface area contributed by atoms with Crippen LogP contribution in [0.2, 0.25) is 0 Å². The monoisotopic (exact) mass is 300 g/mol. The van der Waals surface area contributed by atoms with Crippen molar-refractivity contribution in [2.45, 2.75) is 24.3 Å². The second-order valence-electron chi connectivity index (χ2n) is 5.05. The number of rotatable bonds is 5. The largest absolute Gasteiger partial charge is 0.394 e. The lowest BCUT2D eigenvalue weighted by atomic mass is 10.1. The fourth-order valence-corrected chi connectivity index (χ4v) is 3.01. The quantitative estimate of drug-likeness (QED) is 0.826. The van der Waals surface area contributed by atoms with Gasteiger partial charge in [0.05, 0.1) is 17.0 Å². The highest BCUT2D eigenvalue weighted by molar-refractivity contribution is 7.89. The van der Waals surface area contributed by atoms with Crippen LogP contribution in [0, 0.1) is 0 Å². The first-order chi connectivity index (χ1) is 9.16. The van der Waals surface area contributed by atoms with E-state index in [-0.39, 0.29) is 17.4 Å². The van der Waals surface area contributed by atoms with Crippen LogP contribution in [0.15, 0.2) is 29.2 Å². The summed E-state index contributed by atoms with van der Waals surface area (Å²) in [5.74, 6) is -0.280. The van der Waals surface area contributed by atoms with Gasteiger partial charge in [0.1, 0.15) is 0 Å². The van der Waals surface area contributed by atoms with E-state index < -0.39 is 15.6 Å². The smallest absolute Gasteiger partial charge is 0.251 e. The Morgan fingerprint density at radius 3 is 2.20 bits per heavy atom. The molecule has 0 aliphatic carbocycles. The number of likely N-dealkylation sites (N-methyl/N-ethyl adjacent to an activating group) is 1. The molecule has 0 aliphatic rings. The van der Waals surface area contributed by atoms with Crippen LogP contribution in [0.25, 0.3) is 0 Å². The zero-order valence-electron chi connectivity index (χ0n) is 12.0. The van der Waals surface area contributed by atoms with Crippen molar-refractivity contribution < 1.29 is 18.3 Å². The fourth-order valence-electron chi connectivity index (χ4n) is 1.51. The van der Waals surface area contributed by atoms with Gasteiger partial charge in [-0.3, -0.25) is 4.79 Å². The Morgan fingerprint density at radius 2 is 1.80 bits per heavy atom. The van der Waals surface area contributed by atoms with Gasteiger partial charge >= 0.3 is 0 Å². The van der Waals surface area contributed by atoms with Gasteiger partial charge in [0.25, 0.3) is 5.91 Å². The third-order valence-electron chi connectivity index (χ3n) is 3.24. The zero-order chi connectivity index (χ0) is 15.6.